The molecule has 0 saturated heterocycles. The molecule has 1 atom stereocenters. The predicted molar refractivity (Wildman–Crippen MR) is 110 cm³/mol. The maximum Gasteiger partial charge on any atom is 0.0953 e. The van der Waals surface area contributed by atoms with Gasteiger partial charge in [0.1, 0.15) is 0 Å². The van der Waals surface area contributed by atoms with Gasteiger partial charge >= 0.3 is 0 Å². The fourth-order valence-corrected chi connectivity index (χ4v) is 4.34. The molecular formula is C22H29N5. The van der Waals surface area contributed by atoms with E-state index in [1.54, 1.807) is 0 Å². The Balaban J connectivity index is 1.63. The van der Waals surface area contributed by atoms with E-state index in [-0.39, 0.29) is 0 Å². The van der Waals surface area contributed by atoms with Gasteiger partial charge in [-0.05, 0) is 63.8 Å². The normalized spacial score (nSPS) is 14.6. The lowest BCUT2D eigenvalue weighted by Crippen LogP contribution is -2.18. The van der Waals surface area contributed by atoms with Crippen molar-refractivity contribution in [1.29, 1.82) is 0 Å². The Kier molecular flexibility index (Phi) is 4.54. The van der Waals surface area contributed by atoms with Gasteiger partial charge in [-0.15, -0.1) is 0 Å². The van der Waals surface area contributed by atoms with E-state index in [0.717, 1.165) is 31.6 Å². The first-order valence-corrected chi connectivity index (χ1v) is 9.88. The summed E-state index contributed by atoms with van der Waals surface area (Å²) in [5.74, 6) is 0. The first-order chi connectivity index (χ1) is 13.0. The number of aromatic nitrogens is 4. The number of imidazole rings is 1. The van der Waals surface area contributed by atoms with Crippen molar-refractivity contribution >= 4 is 5.69 Å². The lowest BCUT2D eigenvalue weighted by Gasteiger charge is -2.19. The van der Waals surface area contributed by atoms with Gasteiger partial charge in [0.2, 0.25) is 0 Å². The molecule has 1 aromatic carbocycles. The average Bonchev–Trinajstić information content (AvgIpc) is 3.35. The fraction of sp³-hybridized carbons (Fsp3) is 0.455. The largest absolute Gasteiger partial charge is 0.371 e. The van der Waals surface area contributed by atoms with Crippen LogP contribution in [0.5, 0.6) is 0 Å². The summed E-state index contributed by atoms with van der Waals surface area (Å²) in [6.07, 6.45) is 6.05. The highest BCUT2D eigenvalue weighted by molar-refractivity contribution is 5.68. The molecule has 0 saturated carbocycles. The highest BCUT2D eigenvalue weighted by Crippen LogP contribution is 2.33. The van der Waals surface area contributed by atoms with Crippen molar-refractivity contribution < 1.29 is 0 Å². The molecule has 1 aliphatic heterocycles. The minimum Gasteiger partial charge on any atom is -0.371 e. The van der Waals surface area contributed by atoms with E-state index >= 15 is 0 Å². The maximum atomic E-state index is 4.57. The molecule has 0 N–H and O–H groups in total. The number of aryl methyl sites for hydroxylation is 2. The third-order valence-electron chi connectivity index (χ3n) is 6.05. The van der Waals surface area contributed by atoms with Crippen LogP contribution in [0.25, 0.3) is 11.3 Å². The Morgan fingerprint density at radius 2 is 2.04 bits per heavy atom. The Hall–Kier alpha value is -2.56. The minimum absolute atomic E-state index is 0.324. The van der Waals surface area contributed by atoms with Crippen molar-refractivity contribution in [3.63, 3.8) is 0 Å². The van der Waals surface area contributed by atoms with E-state index in [4.69, 9.17) is 0 Å². The summed E-state index contributed by atoms with van der Waals surface area (Å²) in [6, 6.07) is 7.20. The van der Waals surface area contributed by atoms with Gasteiger partial charge in [-0.2, -0.15) is 5.10 Å². The molecule has 0 radical (unpaired) electrons. The molecule has 142 valence electrons. The van der Waals surface area contributed by atoms with E-state index < -0.39 is 0 Å². The van der Waals surface area contributed by atoms with Crippen LogP contribution in [0, 0.1) is 13.8 Å². The molecule has 0 unspecified atom stereocenters. The minimum atomic E-state index is 0.324. The smallest absolute Gasteiger partial charge is 0.0953 e. The average molecular weight is 364 g/mol. The quantitative estimate of drug-likeness (QED) is 0.685. The predicted octanol–water partition coefficient (Wildman–Crippen LogP) is 4.09. The van der Waals surface area contributed by atoms with Crippen LogP contribution in [0.1, 0.15) is 42.4 Å². The van der Waals surface area contributed by atoms with Crippen LogP contribution in [0.3, 0.4) is 0 Å². The summed E-state index contributed by atoms with van der Waals surface area (Å²) < 4.78 is 4.28. The third-order valence-corrected chi connectivity index (χ3v) is 6.05. The summed E-state index contributed by atoms with van der Waals surface area (Å²) in [7, 11) is 2.02. The molecular weight excluding hydrogens is 334 g/mol. The van der Waals surface area contributed by atoms with E-state index in [1.807, 2.05) is 24.3 Å². The summed E-state index contributed by atoms with van der Waals surface area (Å²) in [4.78, 5) is 6.92. The molecule has 0 fully saturated rings. The van der Waals surface area contributed by atoms with Gasteiger partial charge in [-0.25, -0.2) is 4.98 Å². The summed E-state index contributed by atoms with van der Waals surface area (Å²) >= 11 is 0. The van der Waals surface area contributed by atoms with Crippen molar-refractivity contribution in [3.05, 3.63) is 53.2 Å². The van der Waals surface area contributed by atoms with E-state index in [1.165, 1.54) is 33.8 Å². The number of fused-ring (bicyclic) bond motifs is 1. The highest BCUT2D eigenvalue weighted by Gasteiger charge is 2.20. The van der Waals surface area contributed by atoms with Gasteiger partial charge in [0.15, 0.2) is 0 Å². The Bertz CT molecular complexity index is 965. The number of likely N-dealkylation sites (N-methyl/N-ethyl adjacent to an activating group) is 1. The van der Waals surface area contributed by atoms with Gasteiger partial charge in [0.25, 0.3) is 0 Å². The summed E-state index contributed by atoms with van der Waals surface area (Å²) in [5, 5.41) is 4.57. The molecule has 3 heterocycles. The Morgan fingerprint density at radius 3 is 2.74 bits per heavy atom. The monoisotopic (exact) mass is 363 g/mol. The molecule has 1 aliphatic rings. The van der Waals surface area contributed by atoms with Crippen LogP contribution in [-0.4, -0.2) is 32.4 Å². The van der Waals surface area contributed by atoms with Crippen LogP contribution in [-0.2, 0) is 19.9 Å². The second-order valence-electron chi connectivity index (χ2n) is 7.69. The standard InChI is InChI=1S/C22H29N5/c1-6-26-10-9-19-12-18(7-8-21(19)26)22-13-23-14-27(22)15(2)11-20-16(3)24-25(5)17(20)4/h7-8,12-15H,6,9-11H2,1-5H3/t15-/m1/s1. The van der Waals surface area contributed by atoms with Crippen LogP contribution < -0.4 is 4.90 Å². The number of hydrogen-bond donors (Lipinski definition) is 0. The zero-order valence-electron chi connectivity index (χ0n) is 17.0. The zero-order valence-corrected chi connectivity index (χ0v) is 17.0. The first kappa shape index (κ1) is 17.8. The molecule has 0 aliphatic carbocycles. The van der Waals surface area contributed by atoms with Gasteiger partial charge in [-0.3, -0.25) is 4.68 Å². The third kappa shape index (κ3) is 3.05. The second-order valence-corrected chi connectivity index (χ2v) is 7.69. The van der Waals surface area contributed by atoms with E-state index in [0.29, 0.717) is 6.04 Å². The summed E-state index contributed by atoms with van der Waals surface area (Å²) in [5.41, 5.74) is 9.02. The van der Waals surface area contributed by atoms with Crippen LogP contribution >= 0.6 is 0 Å². The Morgan fingerprint density at radius 1 is 1.22 bits per heavy atom. The van der Waals surface area contributed by atoms with Crippen molar-refractivity contribution in [3.8, 4) is 11.3 Å². The second kappa shape index (κ2) is 6.87. The van der Waals surface area contributed by atoms with Crippen molar-refractivity contribution in [2.75, 3.05) is 18.0 Å². The molecule has 0 spiro atoms. The van der Waals surface area contributed by atoms with Crippen molar-refractivity contribution in [1.82, 2.24) is 19.3 Å². The van der Waals surface area contributed by atoms with E-state index in [9.17, 15) is 0 Å². The molecule has 0 bridgehead atoms. The topological polar surface area (TPSA) is 38.9 Å². The first-order valence-electron chi connectivity index (χ1n) is 9.88. The van der Waals surface area contributed by atoms with Crippen LogP contribution in [0.15, 0.2) is 30.7 Å². The van der Waals surface area contributed by atoms with Crippen molar-refractivity contribution in [2.24, 2.45) is 7.05 Å². The lowest BCUT2D eigenvalue weighted by molar-refractivity contribution is 0.546. The molecule has 27 heavy (non-hydrogen) atoms. The summed E-state index contributed by atoms with van der Waals surface area (Å²) in [6.45, 7) is 10.9. The van der Waals surface area contributed by atoms with E-state index in [2.05, 4.69) is 65.4 Å². The number of anilines is 1. The molecule has 4 rings (SSSR count). The molecule has 5 nitrogen and oxygen atoms in total. The molecule has 0 amide bonds. The fourth-order valence-electron chi connectivity index (χ4n) is 4.34. The van der Waals surface area contributed by atoms with Gasteiger partial charge < -0.3 is 9.47 Å². The number of rotatable bonds is 5. The van der Waals surface area contributed by atoms with Crippen LogP contribution in [0.2, 0.25) is 0 Å². The van der Waals surface area contributed by atoms with Crippen molar-refractivity contribution in [2.45, 2.75) is 46.6 Å². The molecule has 2 aromatic heterocycles. The molecule has 5 heteroatoms. The maximum absolute atomic E-state index is 4.57. The van der Waals surface area contributed by atoms with Gasteiger partial charge in [-0.1, -0.05) is 6.07 Å². The van der Waals surface area contributed by atoms with Crippen LogP contribution in [0.4, 0.5) is 5.69 Å². The zero-order chi connectivity index (χ0) is 19.1. The highest BCUT2D eigenvalue weighted by atomic mass is 15.3. The number of nitrogens with zero attached hydrogens (tertiary/aromatic N) is 5. The Labute approximate surface area is 161 Å². The lowest BCUT2D eigenvalue weighted by atomic mass is 10.0. The SMILES string of the molecule is CCN1CCc2cc(-c3cncn3[C@H](C)Cc3c(C)nn(C)c3C)ccc21. The number of hydrogen-bond acceptors (Lipinski definition) is 3. The number of benzene rings is 1. The van der Waals surface area contributed by atoms with Gasteiger partial charge in [0, 0.05) is 43.1 Å². The van der Waals surface area contributed by atoms with Gasteiger partial charge in [0.05, 0.1) is 23.9 Å². The molecule has 3 aromatic rings.